The molecule has 7 heteroatoms. The molecule has 0 radical (unpaired) electrons. The highest BCUT2D eigenvalue weighted by molar-refractivity contribution is 8.26. The molecule has 1 amide bonds. The van der Waals surface area contributed by atoms with Gasteiger partial charge >= 0.3 is 5.97 Å². The summed E-state index contributed by atoms with van der Waals surface area (Å²) in [5, 5.41) is 0. The van der Waals surface area contributed by atoms with Gasteiger partial charge in [0, 0.05) is 12.4 Å². The summed E-state index contributed by atoms with van der Waals surface area (Å²) in [7, 11) is 0. The topological polar surface area (TPSA) is 59.5 Å². The first kappa shape index (κ1) is 17.1. The van der Waals surface area contributed by atoms with Gasteiger partial charge in [0.2, 0.25) is 0 Å². The Morgan fingerprint density at radius 1 is 1.42 bits per heavy atom. The SMILES string of the molecule is O=C(CN1C(=O)/C(=C/c2cccnc2)SC1=S)OC1CCCCC1. The Bertz CT molecular complexity index is 670. The first-order chi connectivity index (χ1) is 11.6. The second kappa shape index (κ2) is 7.90. The molecule has 126 valence electrons. The largest absolute Gasteiger partial charge is 0.461 e. The van der Waals surface area contributed by atoms with Crippen LogP contribution in [0.4, 0.5) is 0 Å². The van der Waals surface area contributed by atoms with Crippen LogP contribution in [0.15, 0.2) is 29.4 Å². The Balaban J connectivity index is 1.61. The summed E-state index contributed by atoms with van der Waals surface area (Å²) in [6.07, 6.45) is 10.3. The van der Waals surface area contributed by atoms with Crippen LogP contribution < -0.4 is 0 Å². The highest BCUT2D eigenvalue weighted by Crippen LogP contribution is 2.32. The number of thiocarbonyl (C=S) groups is 1. The van der Waals surface area contributed by atoms with E-state index in [0.29, 0.717) is 9.23 Å². The van der Waals surface area contributed by atoms with Crippen molar-refractivity contribution in [1.82, 2.24) is 9.88 Å². The van der Waals surface area contributed by atoms with Crippen LogP contribution in [0.1, 0.15) is 37.7 Å². The Morgan fingerprint density at radius 3 is 2.92 bits per heavy atom. The van der Waals surface area contributed by atoms with Gasteiger partial charge in [0.1, 0.15) is 17.0 Å². The average molecular weight is 362 g/mol. The van der Waals surface area contributed by atoms with Crippen LogP contribution in [-0.4, -0.2) is 38.7 Å². The zero-order valence-electron chi connectivity index (χ0n) is 13.1. The number of pyridine rings is 1. The van der Waals surface area contributed by atoms with Gasteiger partial charge in [-0.1, -0.05) is 36.5 Å². The highest BCUT2D eigenvalue weighted by Gasteiger charge is 2.34. The smallest absolute Gasteiger partial charge is 0.326 e. The summed E-state index contributed by atoms with van der Waals surface area (Å²) >= 11 is 6.44. The molecule has 24 heavy (non-hydrogen) atoms. The van der Waals surface area contributed by atoms with E-state index < -0.39 is 0 Å². The number of nitrogens with zero attached hydrogens (tertiary/aromatic N) is 2. The van der Waals surface area contributed by atoms with E-state index in [4.69, 9.17) is 17.0 Å². The number of ether oxygens (including phenoxy) is 1. The number of rotatable bonds is 4. The lowest BCUT2D eigenvalue weighted by Crippen LogP contribution is -2.36. The number of carbonyl (C=O) groups excluding carboxylic acids is 2. The Morgan fingerprint density at radius 2 is 2.21 bits per heavy atom. The van der Waals surface area contributed by atoms with Crippen LogP contribution in [0.2, 0.25) is 0 Å². The third kappa shape index (κ3) is 4.21. The van der Waals surface area contributed by atoms with Crippen molar-refractivity contribution in [3.63, 3.8) is 0 Å². The van der Waals surface area contributed by atoms with Gasteiger partial charge in [0.15, 0.2) is 0 Å². The van der Waals surface area contributed by atoms with E-state index in [2.05, 4.69) is 4.98 Å². The molecule has 1 aromatic heterocycles. The van der Waals surface area contributed by atoms with E-state index in [1.807, 2.05) is 6.07 Å². The van der Waals surface area contributed by atoms with Gasteiger partial charge in [-0.3, -0.25) is 19.5 Å². The summed E-state index contributed by atoms with van der Waals surface area (Å²) in [6.45, 7) is -0.119. The number of carbonyl (C=O) groups is 2. The molecule has 0 unspecified atom stereocenters. The molecule has 0 atom stereocenters. The number of thioether (sulfide) groups is 1. The zero-order valence-corrected chi connectivity index (χ0v) is 14.8. The summed E-state index contributed by atoms with van der Waals surface area (Å²) in [5.41, 5.74) is 0.822. The van der Waals surface area contributed by atoms with Gasteiger partial charge in [-0.05, 0) is 43.4 Å². The lowest BCUT2D eigenvalue weighted by atomic mass is 9.98. The van der Waals surface area contributed by atoms with E-state index in [1.165, 1.54) is 23.1 Å². The van der Waals surface area contributed by atoms with Crippen molar-refractivity contribution in [2.24, 2.45) is 0 Å². The zero-order chi connectivity index (χ0) is 16.9. The Labute approximate surface area is 150 Å². The predicted octanol–water partition coefficient (Wildman–Crippen LogP) is 3.16. The van der Waals surface area contributed by atoms with Crippen molar-refractivity contribution in [2.45, 2.75) is 38.2 Å². The Hall–Kier alpha value is -1.73. The van der Waals surface area contributed by atoms with E-state index >= 15 is 0 Å². The molecule has 1 aromatic rings. The van der Waals surface area contributed by atoms with E-state index in [1.54, 1.807) is 24.5 Å². The molecule has 0 bridgehead atoms. The molecule has 0 aromatic carbocycles. The molecule has 5 nitrogen and oxygen atoms in total. The summed E-state index contributed by atoms with van der Waals surface area (Å²) < 4.78 is 5.86. The molecule has 0 spiro atoms. The van der Waals surface area contributed by atoms with Crippen molar-refractivity contribution in [3.8, 4) is 0 Å². The van der Waals surface area contributed by atoms with Gasteiger partial charge in [0.25, 0.3) is 5.91 Å². The summed E-state index contributed by atoms with van der Waals surface area (Å²) in [5.74, 6) is -0.643. The van der Waals surface area contributed by atoms with Crippen LogP contribution in [0.5, 0.6) is 0 Å². The third-order valence-corrected chi connectivity index (χ3v) is 5.37. The van der Waals surface area contributed by atoms with Gasteiger partial charge in [-0.15, -0.1) is 0 Å². The van der Waals surface area contributed by atoms with Gasteiger partial charge < -0.3 is 4.74 Å². The minimum absolute atomic E-state index is 0.0180. The molecule has 3 rings (SSSR count). The van der Waals surface area contributed by atoms with E-state index in [9.17, 15) is 9.59 Å². The number of esters is 1. The molecular formula is C17H18N2O3S2. The molecule has 1 aliphatic carbocycles. The van der Waals surface area contributed by atoms with E-state index in [-0.39, 0.29) is 24.5 Å². The predicted molar refractivity (Wildman–Crippen MR) is 97.1 cm³/mol. The normalized spacial score (nSPS) is 20.7. The minimum Gasteiger partial charge on any atom is -0.461 e. The molecule has 2 aliphatic rings. The molecule has 1 saturated carbocycles. The van der Waals surface area contributed by atoms with Crippen molar-refractivity contribution in [3.05, 3.63) is 35.0 Å². The first-order valence-corrected chi connectivity index (χ1v) is 9.21. The fourth-order valence-electron chi connectivity index (χ4n) is 2.78. The fourth-order valence-corrected chi connectivity index (χ4v) is 4.04. The van der Waals surface area contributed by atoms with Crippen molar-refractivity contribution >= 4 is 46.3 Å². The first-order valence-electron chi connectivity index (χ1n) is 7.98. The van der Waals surface area contributed by atoms with Crippen LogP contribution in [-0.2, 0) is 14.3 Å². The average Bonchev–Trinajstić information content (AvgIpc) is 2.84. The number of aromatic nitrogens is 1. The highest BCUT2D eigenvalue weighted by atomic mass is 32.2. The number of hydrogen-bond donors (Lipinski definition) is 0. The van der Waals surface area contributed by atoms with Crippen LogP contribution in [0.25, 0.3) is 6.08 Å². The van der Waals surface area contributed by atoms with Crippen molar-refractivity contribution in [1.29, 1.82) is 0 Å². The maximum absolute atomic E-state index is 12.5. The quantitative estimate of drug-likeness (QED) is 0.466. The standard InChI is InChI=1S/C17H18N2O3S2/c20-15(22-13-6-2-1-3-7-13)11-19-16(21)14(24-17(19)23)9-12-5-4-8-18-10-12/h4-5,8-10,13H,1-3,6-7,11H2/b14-9-. The Kier molecular flexibility index (Phi) is 5.63. The number of amides is 1. The molecule has 1 saturated heterocycles. The minimum atomic E-state index is -0.388. The maximum atomic E-state index is 12.5. The summed E-state index contributed by atoms with van der Waals surface area (Å²) in [4.78, 5) is 30.4. The third-order valence-electron chi connectivity index (χ3n) is 3.99. The molecule has 1 aliphatic heterocycles. The van der Waals surface area contributed by atoms with Crippen LogP contribution >= 0.6 is 24.0 Å². The number of hydrogen-bond acceptors (Lipinski definition) is 6. The lowest BCUT2D eigenvalue weighted by molar-refractivity contribution is -0.152. The monoisotopic (exact) mass is 362 g/mol. The van der Waals surface area contributed by atoms with Gasteiger partial charge in [0.05, 0.1) is 4.91 Å². The molecular weight excluding hydrogens is 344 g/mol. The van der Waals surface area contributed by atoms with Crippen molar-refractivity contribution < 1.29 is 14.3 Å². The van der Waals surface area contributed by atoms with Gasteiger partial charge in [-0.25, -0.2) is 0 Å². The molecule has 2 heterocycles. The summed E-state index contributed by atoms with van der Waals surface area (Å²) in [6, 6.07) is 3.66. The fraction of sp³-hybridized carbons (Fsp3) is 0.412. The molecule has 2 fully saturated rings. The van der Waals surface area contributed by atoms with Crippen LogP contribution in [0.3, 0.4) is 0 Å². The maximum Gasteiger partial charge on any atom is 0.326 e. The van der Waals surface area contributed by atoms with Gasteiger partial charge in [-0.2, -0.15) is 0 Å². The van der Waals surface area contributed by atoms with Crippen molar-refractivity contribution in [2.75, 3.05) is 6.54 Å². The second-order valence-corrected chi connectivity index (χ2v) is 7.48. The lowest BCUT2D eigenvalue weighted by Gasteiger charge is -2.23. The second-order valence-electron chi connectivity index (χ2n) is 5.80. The van der Waals surface area contributed by atoms with Crippen LogP contribution in [0, 0.1) is 0 Å². The molecule has 0 N–H and O–H groups in total. The van der Waals surface area contributed by atoms with E-state index in [0.717, 1.165) is 31.2 Å².